The van der Waals surface area contributed by atoms with E-state index >= 15 is 0 Å². The normalized spacial score (nSPS) is 19.0. The standard InChI is InChI=1S/C31H20O8/c1-36-15-10-14-4-5-18-28-20(12-23(34)29(18)35)31(39-24(11-15)26(14)28)19-8-6-17-16(7-9-21(32)30(17)38-3)27(19)22(33)13-25(31)37-2/h4-13,32H,1-3H3/t31-/m0/s1. The molecule has 0 fully saturated rings. The lowest BCUT2D eigenvalue weighted by Gasteiger charge is -2.45. The van der Waals surface area contributed by atoms with Crippen LogP contribution in [0.1, 0.15) is 31.8 Å². The van der Waals surface area contributed by atoms with Crippen molar-refractivity contribution in [2.75, 3.05) is 21.3 Å². The molecule has 1 heterocycles. The van der Waals surface area contributed by atoms with Gasteiger partial charge in [-0.3, -0.25) is 14.4 Å². The number of allylic oxidation sites excluding steroid dienone is 2. The summed E-state index contributed by atoms with van der Waals surface area (Å²) in [7, 11) is 4.41. The largest absolute Gasteiger partial charge is 0.504 e. The first-order valence-electron chi connectivity index (χ1n) is 12.1. The number of rotatable bonds is 3. The van der Waals surface area contributed by atoms with E-state index in [-0.39, 0.29) is 28.6 Å². The number of phenols is 1. The highest BCUT2D eigenvalue weighted by Gasteiger charge is 2.55. The predicted molar refractivity (Wildman–Crippen MR) is 142 cm³/mol. The number of carbonyl (C=O) groups excluding carboxylic acids is 3. The minimum Gasteiger partial charge on any atom is -0.504 e. The molecule has 3 aliphatic rings. The summed E-state index contributed by atoms with van der Waals surface area (Å²) in [5.41, 5.74) is 0.356. The molecule has 0 unspecified atom stereocenters. The predicted octanol–water partition coefficient (Wildman–Crippen LogP) is 4.88. The number of phenolic OH excluding ortho intramolecular Hbond substituents is 1. The number of hydrogen-bond donors (Lipinski definition) is 1. The molecule has 192 valence electrons. The summed E-state index contributed by atoms with van der Waals surface area (Å²) in [5, 5.41) is 12.8. The van der Waals surface area contributed by atoms with Gasteiger partial charge >= 0.3 is 0 Å². The van der Waals surface area contributed by atoms with Crippen LogP contribution in [0.3, 0.4) is 0 Å². The number of Topliss-reactive ketones (excluding diaryl/α,β-unsaturated/α-hetero) is 1. The first-order valence-corrected chi connectivity index (χ1v) is 12.1. The number of ether oxygens (including phenoxy) is 4. The Morgan fingerprint density at radius 1 is 0.795 bits per heavy atom. The second-order valence-electron chi connectivity index (χ2n) is 9.52. The third-order valence-electron chi connectivity index (χ3n) is 7.74. The van der Waals surface area contributed by atoms with Gasteiger partial charge in [-0.2, -0.15) is 0 Å². The second-order valence-corrected chi connectivity index (χ2v) is 9.52. The average Bonchev–Trinajstić information content (AvgIpc) is 2.94. The van der Waals surface area contributed by atoms with Gasteiger partial charge in [0.25, 0.3) is 0 Å². The number of carbonyl (C=O) groups is 3. The number of methoxy groups -OCH3 is 3. The summed E-state index contributed by atoms with van der Waals surface area (Å²) < 4.78 is 23.6. The van der Waals surface area contributed by atoms with E-state index in [4.69, 9.17) is 18.9 Å². The maximum Gasteiger partial charge on any atom is 0.233 e. The minimum atomic E-state index is -1.57. The molecule has 1 aliphatic heterocycles. The van der Waals surface area contributed by atoms with Crippen LogP contribution in [0.2, 0.25) is 0 Å². The molecule has 1 atom stereocenters. The summed E-state index contributed by atoms with van der Waals surface area (Å²) in [5.74, 6) is -0.400. The fourth-order valence-corrected chi connectivity index (χ4v) is 6.12. The molecular formula is C31H20O8. The first-order chi connectivity index (χ1) is 18.8. The highest BCUT2D eigenvalue weighted by molar-refractivity contribution is 6.51. The second kappa shape index (κ2) is 7.70. The SMILES string of the molecule is COC1=CC(=O)c2c(ccc3c(OC)c(O)ccc23)[C@@]12Oc1cc(OC)cc3ccc4c(c13)C2=CC(=O)C4=O. The van der Waals surface area contributed by atoms with Crippen LogP contribution in [0.5, 0.6) is 23.0 Å². The molecule has 0 bridgehead atoms. The molecule has 1 N–H and O–H groups in total. The van der Waals surface area contributed by atoms with Crippen LogP contribution in [0.25, 0.3) is 27.1 Å². The molecule has 39 heavy (non-hydrogen) atoms. The molecule has 4 aromatic carbocycles. The van der Waals surface area contributed by atoms with Crippen molar-refractivity contribution in [3.05, 3.63) is 88.7 Å². The van der Waals surface area contributed by atoms with Crippen molar-refractivity contribution in [2.24, 2.45) is 0 Å². The molecular weight excluding hydrogens is 500 g/mol. The number of hydrogen-bond acceptors (Lipinski definition) is 8. The Hall–Kier alpha value is -5.11. The van der Waals surface area contributed by atoms with Crippen LogP contribution in [-0.4, -0.2) is 43.8 Å². The zero-order chi connectivity index (χ0) is 27.2. The van der Waals surface area contributed by atoms with E-state index in [1.54, 1.807) is 43.5 Å². The minimum absolute atomic E-state index is 0.0681. The summed E-state index contributed by atoms with van der Waals surface area (Å²) >= 11 is 0. The smallest absolute Gasteiger partial charge is 0.233 e. The van der Waals surface area contributed by atoms with E-state index in [1.807, 2.05) is 6.07 Å². The van der Waals surface area contributed by atoms with Crippen molar-refractivity contribution >= 4 is 44.5 Å². The molecule has 7 rings (SSSR count). The van der Waals surface area contributed by atoms with Crippen molar-refractivity contribution < 1.29 is 38.4 Å². The molecule has 0 amide bonds. The van der Waals surface area contributed by atoms with Gasteiger partial charge < -0.3 is 24.1 Å². The van der Waals surface area contributed by atoms with E-state index in [9.17, 15) is 19.5 Å². The van der Waals surface area contributed by atoms with Crippen LogP contribution in [0, 0.1) is 0 Å². The maximum absolute atomic E-state index is 13.6. The zero-order valence-corrected chi connectivity index (χ0v) is 21.1. The fourth-order valence-electron chi connectivity index (χ4n) is 6.12. The summed E-state index contributed by atoms with van der Waals surface area (Å²) in [4.78, 5) is 39.7. The monoisotopic (exact) mass is 520 g/mol. The van der Waals surface area contributed by atoms with Crippen molar-refractivity contribution in [1.82, 2.24) is 0 Å². The van der Waals surface area contributed by atoms with Gasteiger partial charge in [0.1, 0.15) is 11.5 Å². The Balaban J connectivity index is 1.65. The summed E-state index contributed by atoms with van der Waals surface area (Å²) in [6.45, 7) is 0. The molecule has 1 spiro atoms. The van der Waals surface area contributed by atoms with E-state index < -0.39 is 17.2 Å². The van der Waals surface area contributed by atoms with Crippen LogP contribution < -0.4 is 14.2 Å². The number of aromatic hydroxyl groups is 1. The Morgan fingerprint density at radius 2 is 1.59 bits per heavy atom. The van der Waals surface area contributed by atoms with Crippen LogP contribution >= 0.6 is 0 Å². The van der Waals surface area contributed by atoms with Crippen LogP contribution in [-0.2, 0) is 15.1 Å². The molecule has 8 heteroatoms. The number of ketones is 3. The molecule has 4 aromatic rings. The van der Waals surface area contributed by atoms with E-state index in [0.29, 0.717) is 49.9 Å². The molecule has 0 saturated carbocycles. The van der Waals surface area contributed by atoms with Gasteiger partial charge in [-0.25, -0.2) is 0 Å². The van der Waals surface area contributed by atoms with Gasteiger partial charge in [0.2, 0.25) is 17.2 Å². The Morgan fingerprint density at radius 3 is 2.33 bits per heavy atom. The van der Waals surface area contributed by atoms with Gasteiger partial charge in [0, 0.05) is 50.7 Å². The third-order valence-corrected chi connectivity index (χ3v) is 7.74. The molecule has 2 aliphatic carbocycles. The van der Waals surface area contributed by atoms with Crippen LogP contribution in [0.15, 0.2) is 66.4 Å². The topological polar surface area (TPSA) is 108 Å². The van der Waals surface area contributed by atoms with E-state index in [0.717, 1.165) is 5.39 Å². The highest BCUT2D eigenvalue weighted by Crippen LogP contribution is 2.58. The van der Waals surface area contributed by atoms with Gasteiger partial charge in [-0.1, -0.05) is 18.2 Å². The van der Waals surface area contributed by atoms with E-state index in [1.165, 1.54) is 32.4 Å². The van der Waals surface area contributed by atoms with Crippen molar-refractivity contribution in [3.63, 3.8) is 0 Å². The summed E-state index contributed by atoms with van der Waals surface area (Å²) in [6.07, 6.45) is 2.62. The average molecular weight is 520 g/mol. The maximum atomic E-state index is 13.6. The first kappa shape index (κ1) is 23.0. The lowest BCUT2D eigenvalue weighted by atomic mass is 9.68. The Labute approximate surface area is 221 Å². The van der Waals surface area contributed by atoms with Crippen molar-refractivity contribution in [1.29, 1.82) is 0 Å². The highest BCUT2D eigenvalue weighted by atomic mass is 16.5. The lowest BCUT2D eigenvalue weighted by Crippen LogP contribution is -2.45. The number of fused-ring (bicyclic) bond motifs is 5. The Kier molecular flexibility index (Phi) is 4.55. The lowest BCUT2D eigenvalue weighted by molar-refractivity contribution is -0.111. The molecule has 0 saturated heterocycles. The fraction of sp³-hybridized carbons (Fsp3) is 0.129. The molecule has 8 nitrogen and oxygen atoms in total. The van der Waals surface area contributed by atoms with Crippen molar-refractivity contribution in [2.45, 2.75) is 5.60 Å². The quantitative estimate of drug-likeness (QED) is 0.381. The molecule has 0 radical (unpaired) electrons. The molecule has 0 aromatic heterocycles. The van der Waals surface area contributed by atoms with Gasteiger partial charge in [0.05, 0.1) is 21.3 Å². The van der Waals surface area contributed by atoms with Gasteiger partial charge in [-0.05, 0) is 41.1 Å². The van der Waals surface area contributed by atoms with Crippen LogP contribution in [0.4, 0.5) is 0 Å². The van der Waals surface area contributed by atoms with E-state index in [2.05, 4.69) is 0 Å². The Bertz CT molecular complexity index is 1910. The van der Waals surface area contributed by atoms with Crippen molar-refractivity contribution in [3.8, 4) is 23.0 Å². The van der Waals surface area contributed by atoms with Gasteiger partial charge in [0.15, 0.2) is 23.0 Å². The van der Waals surface area contributed by atoms with Gasteiger partial charge in [-0.15, -0.1) is 0 Å². The number of benzene rings is 4. The third kappa shape index (κ3) is 2.75. The zero-order valence-electron chi connectivity index (χ0n) is 21.1. The summed E-state index contributed by atoms with van der Waals surface area (Å²) in [6, 6.07) is 13.5.